The van der Waals surface area contributed by atoms with Crippen molar-refractivity contribution in [3.63, 3.8) is 0 Å². The van der Waals surface area contributed by atoms with Gasteiger partial charge in [-0.3, -0.25) is 14.4 Å². The van der Waals surface area contributed by atoms with Gasteiger partial charge in [-0.25, -0.2) is 0 Å². The van der Waals surface area contributed by atoms with Crippen molar-refractivity contribution < 1.29 is 33.7 Å². The lowest BCUT2D eigenvalue weighted by Crippen LogP contribution is -2.31. The first-order chi connectivity index (χ1) is 13.0. The first-order valence-electron chi connectivity index (χ1n) is 9.45. The van der Waals surface area contributed by atoms with E-state index in [1.54, 1.807) is 0 Å². The molecule has 0 bridgehead atoms. The molecule has 0 fully saturated rings. The molecular weight excluding hydrogens is 356 g/mol. The predicted octanol–water partition coefficient (Wildman–Crippen LogP) is -0.344. The Bertz CT molecular complexity index is 419. The third-order valence-corrected chi connectivity index (χ3v) is 3.77. The zero-order valence-corrected chi connectivity index (χ0v) is 16.5. The average molecular weight is 390 g/mol. The molecule has 0 aliphatic carbocycles. The first-order valence-corrected chi connectivity index (χ1v) is 9.45. The fraction of sp³-hybridized carbons (Fsp3) is 0.833. The Kier molecular flexibility index (Phi) is 16.8. The van der Waals surface area contributed by atoms with Crippen LogP contribution in [0.1, 0.15) is 33.1 Å². The lowest BCUT2D eigenvalue weighted by atomic mass is 9.96. The smallest absolute Gasteiger partial charge is 0.246 e. The third kappa shape index (κ3) is 15.2. The van der Waals surface area contributed by atoms with Crippen LogP contribution < -0.4 is 10.6 Å². The topological polar surface area (TPSA) is 123 Å². The van der Waals surface area contributed by atoms with Gasteiger partial charge in [0, 0.05) is 25.6 Å². The maximum Gasteiger partial charge on any atom is 0.246 e. The molecule has 0 aliphatic rings. The van der Waals surface area contributed by atoms with Crippen molar-refractivity contribution in [2.75, 3.05) is 59.3 Å². The van der Waals surface area contributed by atoms with E-state index in [0.29, 0.717) is 52.2 Å². The highest BCUT2D eigenvalue weighted by Crippen LogP contribution is 2.11. The van der Waals surface area contributed by atoms with Crippen LogP contribution in [0.4, 0.5) is 0 Å². The Hall–Kier alpha value is -1.55. The van der Waals surface area contributed by atoms with Crippen LogP contribution in [0, 0.1) is 5.92 Å². The number of carbonyl (C=O) groups excluding carboxylic acids is 3. The van der Waals surface area contributed by atoms with Crippen molar-refractivity contribution in [3.8, 4) is 0 Å². The highest BCUT2D eigenvalue weighted by Gasteiger charge is 2.14. The summed E-state index contributed by atoms with van der Waals surface area (Å²) in [7, 11) is 0. The van der Waals surface area contributed by atoms with Crippen LogP contribution in [-0.4, -0.2) is 82.0 Å². The van der Waals surface area contributed by atoms with Crippen molar-refractivity contribution in [3.05, 3.63) is 0 Å². The highest BCUT2D eigenvalue weighted by atomic mass is 16.5. The van der Waals surface area contributed by atoms with E-state index >= 15 is 0 Å². The van der Waals surface area contributed by atoms with Gasteiger partial charge >= 0.3 is 0 Å². The summed E-state index contributed by atoms with van der Waals surface area (Å²) in [6, 6.07) is 0. The first kappa shape index (κ1) is 25.4. The molecule has 0 rings (SSSR count). The summed E-state index contributed by atoms with van der Waals surface area (Å²) < 4.78 is 15.4. The number of aliphatic hydroxyl groups excluding tert-OH is 1. The zero-order chi connectivity index (χ0) is 20.3. The summed E-state index contributed by atoms with van der Waals surface area (Å²) >= 11 is 0. The highest BCUT2D eigenvalue weighted by molar-refractivity contribution is 5.81. The number of aliphatic hydroxyl groups is 1. The summed E-state index contributed by atoms with van der Waals surface area (Å²) in [5.41, 5.74) is 0. The number of hydrogen-bond acceptors (Lipinski definition) is 7. The minimum absolute atomic E-state index is 0.0472. The van der Waals surface area contributed by atoms with E-state index in [4.69, 9.17) is 19.3 Å². The van der Waals surface area contributed by atoms with E-state index in [0.717, 1.165) is 0 Å². The van der Waals surface area contributed by atoms with Gasteiger partial charge in [0.05, 0.1) is 19.8 Å². The van der Waals surface area contributed by atoms with Gasteiger partial charge < -0.3 is 30.0 Å². The molecule has 0 aliphatic heterocycles. The molecule has 0 aromatic carbocycles. The van der Waals surface area contributed by atoms with Crippen LogP contribution >= 0.6 is 0 Å². The quantitative estimate of drug-likeness (QED) is 0.274. The van der Waals surface area contributed by atoms with Gasteiger partial charge in [0.1, 0.15) is 19.8 Å². The van der Waals surface area contributed by atoms with E-state index in [1.165, 1.54) is 0 Å². The molecule has 3 N–H and O–H groups in total. The molecule has 9 nitrogen and oxygen atoms in total. The molecule has 0 saturated heterocycles. The van der Waals surface area contributed by atoms with Crippen LogP contribution in [-0.2, 0) is 28.6 Å². The lowest BCUT2D eigenvalue weighted by molar-refractivity contribution is -0.127. The van der Waals surface area contributed by atoms with Gasteiger partial charge in [0.2, 0.25) is 11.8 Å². The number of nitrogens with one attached hydrogen (secondary N) is 2. The number of ketones is 1. The Morgan fingerprint density at radius 1 is 0.889 bits per heavy atom. The number of ether oxygens (including phenoxy) is 3. The molecule has 1 atom stereocenters. The van der Waals surface area contributed by atoms with Crippen molar-refractivity contribution in [2.24, 2.45) is 5.92 Å². The third-order valence-electron chi connectivity index (χ3n) is 3.77. The van der Waals surface area contributed by atoms with E-state index in [9.17, 15) is 14.4 Å². The second-order valence-corrected chi connectivity index (χ2v) is 5.87. The molecule has 27 heavy (non-hydrogen) atoms. The van der Waals surface area contributed by atoms with Crippen molar-refractivity contribution >= 4 is 17.6 Å². The van der Waals surface area contributed by atoms with Crippen LogP contribution in [0.15, 0.2) is 0 Å². The SMILES string of the molecule is CCOCC(=O)NCCOCCOCC(=O)NCCC[C@H](CC)C(=O)CO. The van der Waals surface area contributed by atoms with Crippen LogP contribution in [0.5, 0.6) is 0 Å². The maximum absolute atomic E-state index is 11.6. The molecule has 0 aromatic rings. The molecule has 9 heteroatoms. The molecule has 0 saturated carbocycles. The Balaban J connectivity index is 3.46. The van der Waals surface area contributed by atoms with Crippen molar-refractivity contribution in [2.45, 2.75) is 33.1 Å². The number of Topliss-reactive ketones (excluding diaryl/α,β-unsaturated/α-hetero) is 1. The molecule has 0 radical (unpaired) electrons. The minimum atomic E-state index is -0.430. The normalized spacial score (nSPS) is 11.8. The van der Waals surface area contributed by atoms with Crippen molar-refractivity contribution in [1.82, 2.24) is 10.6 Å². The van der Waals surface area contributed by atoms with Gasteiger partial charge in [-0.2, -0.15) is 0 Å². The zero-order valence-electron chi connectivity index (χ0n) is 16.5. The van der Waals surface area contributed by atoms with Crippen LogP contribution in [0.25, 0.3) is 0 Å². The number of amides is 2. The molecule has 0 aromatic heterocycles. The summed E-state index contributed by atoms with van der Waals surface area (Å²) in [5.74, 6) is -0.704. The largest absolute Gasteiger partial charge is 0.389 e. The van der Waals surface area contributed by atoms with Gasteiger partial charge in [-0.05, 0) is 26.2 Å². The fourth-order valence-corrected chi connectivity index (χ4v) is 2.24. The minimum Gasteiger partial charge on any atom is -0.389 e. The summed E-state index contributed by atoms with van der Waals surface area (Å²) in [4.78, 5) is 34.3. The van der Waals surface area contributed by atoms with Gasteiger partial charge in [-0.1, -0.05) is 6.92 Å². The van der Waals surface area contributed by atoms with Crippen molar-refractivity contribution in [1.29, 1.82) is 0 Å². The molecule has 0 spiro atoms. The molecule has 158 valence electrons. The molecule has 2 amide bonds. The number of carbonyl (C=O) groups is 3. The average Bonchev–Trinajstić information content (AvgIpc) is 2.67. The standard InChI is InChI=1S/C18H34N2O7/c1-3-15(16(22)12-21)6-5-7-19-18(24)14-27-11-10-26-9-8-20-17(23)13-25-4-2/h15,21H,3-14H2,1-2H3,(H,19,24)(H,20,23)/t15-/m0/s1. The molecule has 0 unspecified atom stereocenters. The Morgan fingerprint density at radius 3 is 2.15 bits per heavy atom. The van der Waals surface area contributed by atoms with E-state index < -0.39 is 6.61 Å². The van der Waals surface area contributed by atoms with Crippen LogP contribution in [0.2, 0.25) is 0 Å². The molecular formula is C18H34N2O7. The lowest BCUT2D eigenvalue weighted by Gasteiger charge is -2.12. The Labute approximate surface area is 161 Å². The van der Waals surface area contributed by atoms with E-state index in [-0.39, 0.29) is 43.3 Å². The van der Waals surface area contributed by atoms with Crippen LogP contribution in [0.3, 0.4) is 0 Å². The van der Waals surface area contributed by atoms with E-state index in [2.05, 4.69) is 10.6 Å². The van der Waals surface area contributed by atoms with Gasteiger partial charge in [-0.15, -0.1) is 0 Å². The summed E-state index contributed by atoms with van der Waals surface area (Å²) in [5, 5.41) is 14.2. The predicted molar refractivity (Wildman–Crippen MR) is 99.3 cm³/mol. The molecule has 0 heterocycles. The second kappa shape index (κ2) is 17.8. The number of hydrogen-bond donors (Lipinski definition) is 3. The van der Waals surface area contributed by atoms with Gasteiger partial charge in [0.25, 0.3) is 0 Å². The Morgan fingerprint density at radius 2 is 1.52 bits per heavy atom. The van der Waals surface area contributed by atoms with E-state index in [1.807, 2.05) is 13.8 Å². The summed E-state index contributed by atoms with van der Waals surface area (Å²) in [6.45, 7) is 5.61. The maximum atomic E-state index is 11.6. The number of rotatable bonds is 18. The second-order valence-electron chi connectivity index (χ2n) is 5.87. The monoisotopic (exact) mass is 390 g/mol. The van der Waals surface area contributed by atoms with Gasteiger partial charge in [0.15, 0.2) is 5.78 Å². The fourth-order valence-electron chi connectivity index (χ4n) is 2.24. The summed E-state index contributed by atoms with van der Waals surface area (Å²) in [6.07, 6.45) is 2.01.